The Balaban J connectivity index is 0.000000562. The van der Waals surface area contributed by atoms with E-state index in [1.807, 2.05) is 30.5 Å². The number of fused-ring (bicyclic) bond motifs is 3. The van der Waals surface area contributed by atoms with Gasteiger partial charge in [0.2, 0.25) is 0 Å². The number of benzene rings is 1. The van der Waals surface area contributed by atoms with Crippen LogP contribution in [0.4, 0.5) is 5.69 Å². The molecule has 15 heavy (non-hydrogen) atoms. The molecule has 4 heteroatoms. The summed E-state index contributed by atoms with van der Waals surface area (Å²) in [6.07, 6.45) is 3.89. The first kappa shape index (κ1) is 12.0. The standard InChI is InChI=1S/C11H8N2.2ClH/c1-2-4-10-8(3-1)9-5-6-12-7-11(9)13-10;;/h1-6H,7H2;2*1H. The maximum Gasteiger partial charge on any atom is 0.0818 e. The summed E-state index contributed by atoms with van der Waals surface area (Å²) in [5.74, 6) is 0. The molecule has 0 unspecified atom stereocenters. The minimum atomic E-state index is 0. The fourth-order valence-electron chi connectivity index (χ4n) is 1.73. The van der Waals surface area contributed by atoms with Crippen molar-refractivity contribution in [3.63, 3.8) is 0 Å². The van der Waals surface area contributed by atoms with Crippen LogP contribution in [0.1, 0.15) is 5.56 Å². The van der Waals surface area contributed by atoms with E-state index in [9.17, 15) is 0 Å². The molecule has 1 aromatic rings. The lowest BCUT2D eigenvalue weighted by molar-refractivity contribution is 1.31. The van der Waals surface area contributed by atoms with E-state index in [-0.39, 0.29) is 24.8 Å². The highest BCUT2D eigenvalue weighted by atomic mass is 35.5. The molecule has 0 aliphatic carbocycles. The summed E-state index contributed by atoms with van der Waals surface area (Å²) in [4.78, 5) is 8.68. The molecule has 0 radical (unpaired) electrons. The number of nitrogens with zero attached hydrogens (tertiary/aromatic N) is 2. The summed E-state index contributed by atoms with van der Waals surface area (Å²) in [5.41, 5.74) is 4.66. The van der Waals surface area contributed by atoms with Gasteiger partial charge in [-0.1, -0.05) is 18.2 Å². The van der Waals surface area contributed by atoms with E-state index in [4.69, 9.17) is 0 Å². The van der Waals surface area contributed by atoms with Crippen LogP contribution < -0.4 is 0 Å². The number of aliphatic imine (C=N–C) groups is 2. The quantitative estimate of drug-likeness (QED) is 0.666. The second-order valence-electron chi connectivity index (χ2n) is 3.15. The first-order valence-corrected chi connectivity index (χ1v) is 4.32. The largest absolute Gasteiger partial charge is 0.287 e. The Morgan fingerprint density at radius 2 is 1.87 bits per heavy atom. The minimum absolute atomic E-state index is 0. The second-order valence-corrected chi connectivity index (χ2v) is 3.15. The molecular formula is C11H10Cl2N2. The zero-order valence-corrected chi connectivity index (χ0v) is 9.52. The molecule has 0 aromatic heterocycles. The van der Waals surface area contributed by atoms with Crippen molar-refractivity contribution in [1.82, 2.24) is 0 Å². The van der Waals surface area contributed by atoms with E-state index in [1.54, 1.807) is 0 Å². The van der Waals surface area contributed by atoms with Gasteiger partial charge in [0.1, 0.15) is 0 Å². The fraction of sp³-hybridized carbons (Fsp3) is 0.0909. The molecule has 0 bridgehead atoms. The highest BCUT2D eigenvalue weighted by Gasteiger charge is 2.20. The summed E-state index contributed by atoms with van der Waals surface area (Å²) in [6, 6.07) is 8.21. The topological polar surface area (TPSA) is 24.7 Å². The van der Waals surface area contributed by atoms with Crippen molar-refractivity contribution in [2.45, 2.75) is 0 Å². The molecule has 0 fully saturated rings. The maximum atomic E-state index is 4.51. The number of rotatable bonds is 0. The summed E-state index contributed by atoms with van der Waals surface area (Å²) in [6.45, 7) is 0.723. The van der Waals surface area contributed by atoms with Gasteiger partial charge in [0, 0.05) is 17.4 Å². The van der Waals surface area contributed by atoms with Gasteiger partial charge in [-0.05, 0) is 12.1 Å². The third-order valence-electron chi connectivity index (χ3n) is 2.35. The molecule has 0 spiro atoms. The first-order chi connectivity index (χ1) is 6.45. The van der Waals surface area contributed by atoms with E-state index in [0.717, 1.165) is 17.9 Å². The van der Waals surface area contributed by atoms with E-state index in [1.165, 1.54) is 11.1 Å². The van der Waals surface area contributed by atoms with Gasteiger partial charge < -0.3 is 0 Å². The van der Waals surface area contributed by atoms with Crippen LogP contribution in [-0.4, -0.2) is 18.5 Å². The lowest BCUT2D eigenvalue weighted by atomic mass is 10.0. The van der Waals surface area contributed by atoms with Gasteiger partial charge in [-0.3, -0.25) is 9.98 Å². The number of para-hydroxylation sites is 1. The van der Waals surface area contributed by atoms with Crippen LogP contribution >= 0.6 is 24.8 Å². The SMILES string of the molecule is C1=NCC2=Nc3ccccc3C2=C1.Cl.Cl. The number of hydrogen-bond donors (Lipinski definition) is 0. The fourth-order valence-corrected chi connectivity index (χ4v) is 1.73. The maximum absolute atomic E-state index is 4.51. The van der Waals surface area contributed by atoms with E-state index in [2.05, 4.69) is 16.1 Å². The molecule has 2 nitrogen and oxygen atoms in total. The molecule has 0 saturated heterocycles. The number of allylic oxidation sites excluding steroid dienone is 1. The monoisotopic (exact) mass is 240 g/mol. The van der Waals surface area contributed by atoms with E-state index >= 15 is 0 Å². The average molecular weight is 241 g/mol. The number of hydrogen-bond acceptors (Lipinski definition) is 2. The molecule has 3 rings (SSSR count). The van der Waals surface area contributed by atoms with Gasteiger partial charge >= 0.3 is 0 Å². The van der Waals surface area contributed by atoms with Crippen LogP contribution in [0, 0.1) is 0 Å². The van der Waals surface area contributed by atoms with Crippen molar-refractivity contribution in [2.75, 3.05) is 6.54 Å². The Bertz CT molecular complexity index is 461. The van der Waals surface area contributed by atoms with Crippen LogP contribution in [0.3, 0.4) is 0 Å². The summed E-state index contributed by atoms with van der Waals surface area (Å²) >= 11 is 0. The van der Waals surface area contributed by atoms with Crippen LogP contribution in [0.25, 0.3) is 5.57 Å². The smallest absolute Gasteiger partial charge is 0.0818 e. The molecule has 0 saturated carbocycles. The summed E-state index contributed by atoms with van der Waals surface area (Å²) < 4.78 is 0. The lowest BCUT2D eigenvalue weighted by Gasteiger charge is -2.04. The molecule has 2 aliphatic heterocycles. The van der Waals surface area contributed by atoms with Crippen LogP contribution in [-0.2, 0) is 0 Å². The van der Waals surface area contributed by atoms with E-state index in [0.29, 0.717) is 0 Å². The van der Waals surface area contributed by atoms with Gasteiger partial charge in [0.15, 0.2) is 0 Å². The Kier molecular flexibility index (Phi) is 3.66. The van der Waals surface area contributed by atoms with E-state index < -0.39 is 0 Å². The normalized spacial score (nSPS) is 15.2. The molecule has 2 aliphatic rings. The van der Waals surface area contributed by atoms with Crippen LogP contribution in [0.15, 0.2) is 40.3 Å². The van der Waals surface area contributed by atoms with Gasteiger partial charge in [-0.25, -0.2) is 0 Å². The van der Waals surface area contributed by atoms with Crippen molar-refractivity contribution in [1.29, 1.82) is 0 Å². The predicted molar refractivity (Wildman–Crippen MR) is 69.4 cm³/mol. The third kappa shape index (κ3) is 1.83. The minimum Gasteiger partial charge on any atom is -0.287 e. The van der Waals surface area contributed by atoms with Crippen molar-refractivity contribution in [3.05, 3.63) is 35.9 Å². The summed E-state index contributed by atoms with van der Waals surface area (Å²) in [7, 11) is 0. The van der Waals surface area contributed by atoms with Crippen molar-refractivity contribution < 1.29 is 0 Å². The molecule has 0 amide bonds. The van der Waals surface area contributed by atoms with Crippen LogP contribution in [0.2, 0.25) is 0 Å². The Labute approximate surface area is 101 Å². The number of halogens is 2. The Morgan fingerprint density at radius 3 is 2.73 bits per heavy atom. The molecule has 0 atom stereocenters. The van der Waals surface area contributed by atoms with Gasteiger partial charge in [0.25, 0.3) is 0 Å². The number of dihydropyridines is 1. The third-order valence-corrected chi connectivity index (χ3v) is 2.35. The van der Waals surface area contributed by atoms with Crippen LogP contribution in [0.5, 0.6) is 0 Å². The Hall–Kier alpha value is -1.12. The summed E-state index contributed by atoms with van der Waals surface area (Å²) in [5, 5.41) is 0. The molecule has 78 valence electrons. The second kappa shape index (κ2) is 4.60. The Morgan fingerprint density at radius 1 is 1.07 bits per heavy atom. The van der Waals surface area contributed by atoms with Gasteiger partial charge in [-0.15, -0.1) is 24.8 Å². The predicted octanol–water partition coefficient (Wildman–Crippen LogP) is 3.08. The lowest BCUT2D eigenvalue weighted by Crippen LogP contribution is -2.05. The highest BCUT2D eigenvalue weighted by Crippen LogP contribution is 2.34. The molecule has 2 heterocycles. The highest BCUT2D eigenvalue weighted by molar-refractivity contribution is 6.32. The zero-order valence-electron chi connectivity index (χ0n) is 7.88. The van der Waals surface area contributed by atoms with Crippen molar-refractivity contribution in [2.24, 2.45) is 9.98 Å². The zero-order chi connectivity index (χ0) is 8.67. The van der Waals surface area contributed by atoms with Gasteiger partial charge in [-0.2, -0.15) is 0 Å². The van der Waals surface area contributed by atoms with Crippen molar-refractivity contribution >= 4 is 48.0 Å². The average Bonchev–Trinajstić information content (AvgIpc) is 2.56. The molecular weight excluding hydrogens is 231 g/mol. The van der Waals surface area contributed by atoms with Gasteiger partial charge in [0.05, 0.1) is 17.9 Å². The first-order valence-electron chi connectivity index (χ1n) is 4.32. The van der Waals surface area contributed by atoms with Crippen molar-refractivity contribution in [3.8, 4) is 0 Å². The molecule has 1 aromatic carbocycles. The molecule has 0 N–H and O–H groups in total.